The second-order valence-electron chi connectivity index (χ2n) is 5.76. The second-order valence-corrected chi connectivity index (χ2v) is 7.93. The van der Waals surface area contributed by atoms with Crippen LogP contribution >= 0.6 is 7.52 Å². The predicted molar refractivity (Wildman–Crippen MR) is 94.1 cm³/mol. The molecule has 127 valence electrons. The topological polar surface area (TPSA) is 92.4 Å². The summed E-state index contributed by atoms with van der Waals surface area (Å²) in [5.41, 5.74) is 4.93. The zero-order valence-corrected chi connectivity index (χ0v) is 15.4. The van der Waals surface area contributed by atoms with Crippen LogP contribution in [0.5, 0.6) is 0 Å². The van der Waals surface area contributed by atoms with Crippen molar-refractivity contribution >= 4 is 32.3 Å². The van der Waals surface area contributed by atoms with E-state index in [1.807, 2.05) is 0 Å². The zero-order valence-electron chi connectivity index (χ0n) is 14.5. The number of hydrogen-bond acceptors (Lipinski definition) is 2. The van der Waals surface area contributed by atoms with Crippen LogP contribution < -0.4 is 10.8 Å². The van der Waals surface area contributed by atoms with E-state index in [2.05, 4.69) is 12.0 Å². The SMILES string of the molecule is CCCCCCCCCCCCCP(=O)(O)NCC(N)=O.[Li]. The minimum Gasteiger partial charge on any atom is -0.369 e. The molecule has 0 aromatic rings. The summed E-state index contributed by atoms with van der Waals surface area (Å²) in [5.74, 6) is -0.608. The summed E-state index contributed by atoms with van der Waals surface area (Å²) in [4.78, 5) is 20.1. The number of unbranched alkanes of at least 4 members (excludes halogenated alkanes) is 10. The van der Waals surface area contributed by atoms with E-state index in [9.17, 15) is 14.3 Å². The van der Waals surface area contributed by atoms with Gasteiger partial charge in [-0.2, -0.15) is 0 Å². The molecule has 1 radical (unpaired) electrons. The van der Waals surface area contributed by atoms with Gasteiger partial charge in [-0.3, -0.25) is 9.36 Å². The van der Waals surface area contributed by atoms with Crippen LogP contribution in [-0.4, -0.2) is 42.4 Å². The minimum absolute atomic E-state index is 0. The van der Waals surface area contributed by atoms with Crippen LogP contribution in [0.2, 0.25) is 0 Å². The largest absolute Gasteiger partial charge is 0.369 e. The van der Waals surface area contributed by atoms with Gasteiger partial charge >= 0.3 is 0 Å². The number of rotatable bonds is 15. The van der Waals surface area contributed by atoms with Crippen LogP contribution in [0.4, 0.5) is 0 Å². The molecular formula is C15H33LiN2O3P. The van der Waals surface area contributed by atoms with Crippen LogP contribution in [0.25, 0.3) is 0 Å². The van der Waals surface area contributed by atoms with E-state index < -0.39 is 13.4 Å². The van der Waals surface area contributed by atoms with Gasteiger partial charge in [0, 0.05) is 25.0 Å². The normalized spacial score (nSPS) is 13.4. The van der Waals surface area contributed by atoms with Gasteiger partial charge in [-0.05, 0) is 6.42 Å². The number of amides is 1. The summed E-state index contributed by atoms with van der Waals surface area (Å²) in [6.45, 7) is 2.00. The van der Waals surface area contributed by atoms with Crippen LogP contribution in [0.1, 0.15) is 77.6 Å². The van der Waals surface area contributed by atoms with Gasteiger partial charge in [0.1, 0.15) is 0 Å². The molecule has 1 atom stereocenters. The molecule has 0 fully saturated rings. The van der Waals surface area contributed by atoms with E-state index in [0.29, 0.717) is 0 Å². The standard InChI is InChI=1S/C15H33N2O3P.Li/c1-2-3-4-5-6-7-8-9-10-11-12-13-21(19,20)17-14-15(16)18;/h2-14H2,1H3,(H2,16,18)(H2,17,19,20);. The van der Waals surface area contributed by atoms with Crippen molar-refractivity contribution in [1.82, 2.24) is 5.09 Å². The summed E-state index contributed by atoms with van der Waals surface area (Å²) in [7, 11) is -3.37. The van der Waals surface area contributed by atoms with E-state index in [1.54, 1.807) is 0 Å². The minimum atomic E-state index is -3.37. The van der Waals surface area contributed by atoms with E-state index in [4.69, 9.17) is 5.73 Å². The molecule has 4 N–H and O–H groups in total. The number of nitrogens with two attached hydrogens (primary N) is 1. The molecule has 1 amide bonds. The van der Waals surface area contributed by atoms with Crippen LogP contribution in [-0.2, 0) is 9.36 Å². The molecule has 7 heteroatoms. The predicted octanol–water partition coefficient (Wildman–Crippen LogP) is 3.18. The molecule has 0 aliphatic carbocycles. The smallest absolute Gasteiger partial charge is 0.267 e. The molecule has 0 heterocycles. The van der Waals surface area contributed by atoms with Gasteiger partial charge < -0.3 is 10.6 Å². The Morgan fingerprint density at radius 3 is 1.77 bits per heavy atom. The van der Waals surface area contributed by atoms with Gasteiger partial charge in [0.2, 0.25) is 5.91 Å². The van der Waals surface area contributed by atoms with Crippen molar-refractivity contribution in [2.45, 2.75) is 77.6 Å². The third-order valence-electron chi connectivity index (χ3n) is 3.57. The number of carbonyl (C=O) groups excluding carboxylic acids is 1. The third kappa shape index (κ3) is 18.3. The quantitative estimate of drug-likeness (QED) is 0.245. The Hall–Kier alpha value is 0.217. The molecule has 0 aliphatic heterocycles. The molecule has 0 aromatic heterocycles. The summed E-state index contributed by atoms with van der Waals surface area (Å²) >= 11 is 0. The average molecular weight is 327 g/mol. The number of hydrogen-bond donors (Lipinski definition) is 3. The molecule has 0 spiro atoms. The van der Waals surface area contributed by atoms with Crippen molar-refractivity contribution in [2.24, 2.45) is 5.73 Å². The monoisotopic (exact) mass is 327 g/mol. The second kappa shape index (κ2) is 16.1. The fraction of sp³-hybridized carbons (Fsp3) is 0.933. The Balaban J connectivity index is 0. The number of primary amides is 1. The molecule has 0 rings (SSSR count). The summed E-state index contributed by atoms with van der Waals surface area (Å²) < 4.78 is 11.6. The first-order valence-corrected chi connectivity index (χ1v) is 10.2. The molecule has 0 aliphatic rings. The average Bonchev–Trinajstić information content (AvgIpc) is 2.43. The maximum absolute atomic E-state index is 11.6. The third-order valence-corrected chi connectivity index (χ3v) is 5.14. The molecule has 1 unspecified atom stereocenters. The summed E-state index contributed by atoms with van der Waals surface area (Å²) in [5, 5.41) is 2.33. The molecular weight excluding hydrogens is 294 g/mol. The van der Waals surface area contributed by atoms with E-state index in [-0.39, 0.29) is 31.6 Å². The maximum Gasteiger partial charge on any atom is 0.267 e. The van der Waals surface area contributed by atoms with Gasteiger partial charge in [0.15, 0.2) is 0 Å². The zero-order chi connectivity index (χ0) is 16.0. The molecule has 5 nitrogen and oxygen atoms in total. The van der Waals surface area contributed by atoms with Gasteiger partial charge in [-0.25, -0.2) is 5.09 Å². The van der Waals surface area contributed by atoms with Gasteiger partial charge in [-0.1, -0.05) is 71.1 Å². The molecule has 0 bridgehead atoms. The van der Waals surface area contributed by atoms with Gasteiger partial charge in [0.05, 0.1) is 6.54 Å². The Kier molecular flexibility index (Phi) is 17.9. The van der Waals surface area contributed by atoms with Gasteiger partial charge in [0.25, 0.3) is 7.52 Å². The fourth-order valence-corrected chi connectivity index (χ4v) is 3.48. The molecule has 0 saturated heterocycles. The van der Waals surface area contributed by atoms with Gasteiger partial charge in [-0.15, -0.1) is 0 Å². The number of nitrogens with one attached hydrogen (secondary N) is 1. The van der Waals surface area contributed by atoms with Crippen molar-refractivity contribution in [1.29, 1.82) is 0 Å². The molecule has 0 aromatic carbocycles. The first-order valence-electron chi connectivity index (χ1n) is 8.33. The molecule has 0 saturated carbocycles. The van der Waals surface area contributed by atoms with Crippen molar-refractivity contribution in [2.75, 3.05) is 12.7 Å². The summed E-state index contributed by atoms with van der Waals surface area (Å²) in [6, 6.07) is 0. The first-order chi connectivity index (χ1) is 9.98. The Morgan fingerprint density at radius 1 is 0.955 bits per heavy atom. The van der Waals surface area contributed by atoms with Crippen LogP contribution in [0.15, 0.2) is 0 Å². The van der Waals surface area contributed by atoms with Crippen molar-refractivity contribution in [3.05, 3.63) is 0 Å². The van der Waals surface area contributed by atoms with E-state index >= 15 is 0 Å². The van der Waals surface area contributed by atoms with Crippen molar-refractivity contribution < 1.29 is 14.3 Å². The van der Waals surface area contributed by atoms with E-state index in [0.717, 1.165) is 19.3 Å². The number of carbonyl (C=O) groups is 1. The van der Waals surface area contributed by atoms with Crippen molar-refractivity contribution in [3.63, 3.8) is 0 Å². The first kappa shape index (κ1) is 24.5. The Bertz CT molecular complexity index is 317. The van der Waals surface area contributed by atoms with Crippen LogP contribution in [0.3, 0.4) is 0 Å². The van der Waals surface area contributed by atoms with Crippen LogP contribution in [0, 0.1) is 0 Å². The maximum atomic E-state index is 11.6. The Labute approximate surface area is 147 Å². The van der Waals surface area contributed by atoms with Crippen molar-refractivity contribution in [3.8, 4) is 0 Å². The fourth-order valence-electron chi connectivity index (χ4n) is 2.27. The van der Waals surface area contributed by atoms with E-state index in [1.165, 1.54) is 51.4 Å². The molecule has 22 heavy (non-hydrogen) atoms. The Morgan fingerprint density at radius 2 is 1.36 bits per heavy atom. The summed E-state index contributed by atoms with van der Waals surface area (Å²) in [6.07, 6.45) is 13.5.